The van der Waals surface area contributed by atoms with Gasteiger partial charge in [-0.1, -0.05) is 19.3 Å². The first-order valence-corrected chi connectivity index (χ1v) is 9.36. The predicted molar refractivity (Wildman–Crippen MR) is 101 cm³/mol. The molecule has 1 heterocycles. The second kappa shape index (κ2) is 11.4. The average molecular weight is 340 g/mol. The summed E-state index contributed by atoms with van der Waals surface area (Å²) in [5.41, 5.74) is 1.13. The summed E-state index contributed by atoms with van der Waals surface area (Å²) in [4.78, 5) is 12.3. The van der Waals surface area contributed by atoms with Crippen molar-refractivity contribution in [1.82, 2.24) is 20.5 Å². The minimum atomic E-state index is 0.740. The number of unbranched alkanes of at least 4 members (excludes halogenated alkanes) is 4. The molecule has 0 bridgehead atoms. The average Bonchev–Trinajstić information content (AvgIpc) is 2.83. The molecule has 0 saturated carbocycles. The topological polar surface area (TPSA) is 52.6 Å². The van der Waals surface area contributed by atoms with Crippen LogP contribution in [0.4, 0.5) is 0 Å². The molecule has 0 amide bonds. The predicted octanol–water partition coefficient (Wildman–Crippen LogP) is 2.94. The highest BCUT2D eigenvalue weighted by Crippen LogP contribution is 2.15. The SMILES string of the molecule is CN=C(NCCCCCCCN(C)C)NCc1nc(C)c(C)s1. The zero-order valence-electron chi connectivity index (χ0n) is 15.4. The number of thiazole rings is 1. The molecule has 0 fully saturated rings. The lowest BCUT2D eigenvalue weighted by molar-refractivity contribution is 0.389. The molecule has 0 unspecified atom stereocenters. The lowest BCUT2D eigenvalue weighted by Gasteiger charge is -2.11. The first-order valence-electron chi connectivity index (χ1n) is 8.55. The molecule has 0 atom stereocenters. The number of hydrogen-bond donors (Lipinski definition) is 2. The van der Waals surface area contributed by atoms with E-state index in [1.165, 1.54) is 43.5 Å². The lowest BCUT2D eigenvalue weighted by Crippen LogP contribution is -2.37. The molecular weight excluding hydrogens is 306 g/mol. The van der Waals surface area contributed by atoms with Gasteiger partial charge < -0.3 is 15.5 Å². The summed E-state index contributed by atoms with van der Waals surface area (Å²) >= 11 is 1.75. The van der Waals surface area contributed by atoms with E-state index in [1.807, 2.05) is 7.05 Å². The van der Waals surface area contributed by atoms with Crippen LogP contribution in [-0.2, 0) is 6.54 Å². The summed E-state index contributed by atoms with van der Waals surface area (Å²) in [6.45, 7) is 7.08. The monoisotopic (exact) mass is 339 g/mol. The van der Waals surface area contributed by atoms with Crippen molar-refractivity contribution in [3.8, 4) is 0 Å². The summed E-state index contributed by atoms with van der Waals surface area (Å²) in [6.07, 6.45) is 6.42. The van der Waals surface area contributed by atoms with Crippen molar-refractivity contribution in [2.45, 2.75) is 52.5 Å². The molecule has 0 spiro atoms. The van der Waals surface area contributed by atoms with E-state index in [9.17, 15) is 0 Å². The molecule has 1 aromatic heterocycles. The number of aryl methyl sites for hydroxylation is 2. The van der Waals surface area contributed by atoms with Crippen LogP contribution in [0.5, 0.6) is 0 Å². The van der Waals surface area contributed by atoms with Crippen LogP contribution in [-0.4, -0.2) is 50.1 Å². The van der Waals surface area contributed by atoms with E-state index in [0.29, 0.717) is 0 Å². The van der Waals surface area contributed by atoms with Crippen LogP contribution < -0.4 is 10.6 Å². The standard InChI is InChI=1S/C17H33N5S/c1-14-15(2)23-16(21-14)13-20-17(18-3)19-11-9-7-6-8-10-12-22(4)5/h6-13H2,1-5H3,(H2,18,19,20). The zero-order valence-corrected chi connectivity index (χ0v) is 16.2. The van der Waals surface area contributed by atoms with Gasteiger partial charge in [-0.25, -0.2) is 4.98 Å². The normalized spacial score (nSPS) is 12.0. The van der Waals surface area contributed by atoms with Crippen LogP contribution in [0.2, 0.25) is 0 Å². The molecule has 0 aliphatic heterocycles. The summed E-state index contributed by atoms with van der Waals surface area (Å²) in [5.74, 6) is 0.864. The van der Waals surface area contributed by atoms with Gasteiger partial charge in [0.1, 0.15) is 5.01 Å². The fraction of sp³-hybridized carbons (Fsp3) is 0.765. The summed E-state index contributed by atoms with van der Waals surface area (Å²) < 4.78 is 0. The molecule has 2 N–H and O–H groups in total. The molecule has 6 heteroatoms. The van der Waals surface area contributed by atoms with Gasteiger partial charge in [-0.15, -0.1) is 11.3 Å². The van der Waals surface area contributed by atoms with Crippen molar-refractivity contribution in [3.05, 3.63) is 15.6 Å². The molecule has 0 radical (unpaired) electrons. The largest absolute Gasteiger partial charge is 0.356 e. The molecule has 0 aliphatic carbocycles. The van der Waals surface area contributed by atoms with Gasteiger partial charge in [0.25, 0.3) is 0 Å². The maximum Gasteiger partial charge on any atom is 0.191 e. The number of hydrogen-bond acceptors (Lipinski definition) is 4. The van der Waals surface area contributed by atoms with E-state index >= 15 is 0 Å². The summed E-state index contributed by atoms with van der Waals surface area (Å²) in [6, 6.07) is 0. The minimum Gasteiger partial charge on any atom is -0.356 e. The third-order valence-electron chi connectivity index (χ3n) is 3.78. The van der Waals surface area contributed by atoms with Crippen LogP contribution in [0.15, 0.2) is 4.99 Å². The lowest BCUT2D eigenvalue weighted by atomic mass is 10.1. The van der Waals surface area contributed by atoms with Gasteiger partial charge in [0.05, 0.1) is 12.2 Å². The van der Waals surface area contributed by atoms with Crippen LogP contribution in [0, 0.1) is 13.8 Å². The number of nitrogens with one attached hydrogen (secondary N) is 2. The van der Waals surface area contributed by atoms with Crippen LogP contribution in [0.3, 0.4) is 0 Å². The van der Waals surface area contributed by atoms with Crippen molar-refractivity contribution in [1.29, 1.82) is 0 Å². The van der Waals surface area contributed by atoms with Gasteiger partial charge in [0, 0.05) is 18.5 Å². The smallest absolute Gasteiger partial charge is 0.191 e. The zero-order chi connectivity index (χ0) is 17.1. The van der Waals surface area contributed by atoms with Gasteiger partial charge in [-0.05, 0) is 47.3 Å². The van der Waals surface area contributed by atoms with Crippen LogP contribution in [0.1, 0.15) is 47.7 Å². The summed E-state index contributed by atoms with van der Waals surface area (Å²) in [5, 5.41) is 7.82. The fourth-order valence-corrected chi connectivity index (χ4v) is 3.16. The molecule has 23 heavy (non-hydrogen) atoms. The molecule has 0 aromatic carbocycles. The van der Waals surface area contributed by atoms with Crippen LogP contribution in [0.25, 0.3) is 0 Å². The van der Waals surface area contributed by atoms with Crippen molar-refractivity contribution in [2.75, 3.05) is 34.2 Å². The van der Waals surface area contributed by atoms with Crippen molar-refractivity contribution >= 4 is 17.3 Å². The Morgan fingerprint density at radius 2 is 1.78 bits per heavy atom. The highest BCUT2D eigenvalue weighted by molar-refractivity contribution is 7.11. The molecular formula is C17H33N5S. The minimum absolute atomic E-state index is 0.740. The fourth-order valence-electron chi connectivity index (χ4n) is 2.28. The van der Waals surface area contributed by atoms with E-state index < -0.39 is 0 Å². The van der Waals surface area contributed by atoms with Gasteiger partial charge in [-0.2, -0.15) is 0 Å². The van der Waals surface area contributed by atoms with Crippen molar-refractivity contribution in [2.24, 2.45) is 4.99 Å². The second-order valence-corrected chi connectivity index (χ2v) is 7.46. The van der Waals surface area contributed by atoms with E-state index in [4.69, 9.17) is 0 Å². The third-order valence-corrected chi connectivity index (χ3v) is 4.85. The molecule has 132 valence electrons. The Labute approximate surface area is 145 Å². The first-order chi connectivity index (χ1) is 11.0. The Morgan fingerprint density at radius 1 is 1.09 bits per heavy atom. The van der Waals surface area contributed by atoms with Crippen LogP contribution >= 0.6 is 11.3 Å². The Balaban J connectivity index is 2.08. The highest BCUT2D eigenvalue weighted by Gasteiger charge is 2.04. The molecule has 5 nitrogen and oxygen atoms in total. The number of guanidine groups is 1. The highest BCUT2D eigenvalue weighted by atomic mass is 32.1. The number of nitrogens with zero attached hydrogens (tertiary/aromatic N) is 3. The number of aliphatic imine (C=N–C) groups is 1. The molecule has 1 aromatic rings. The maximum absolute atomic E-state index is 4.54. The number of rotatable bonds is 10. The van der Waals surface area contributed by atoms with Gasteiger partial charge in [-0.3, -0.25) is 4.99 Å². The molecule has 1 rings (SSSR count). The Morgan fingerprint density at radius 3 is 2.39 bits per heavy atom. The number of aromatic nitrogens is 1. The van der Waals surface area contributed by atoms with Gasteiger partial charge in [0.15, 0.2) is 5.96 Å². The maximum atomic E-state index is 4.54. The quantitative estimate of drug-likeness (QED) is 0.391. The Bertz CT molecular complexity index is 448. The van der Waals surface area contributed by atoms with Crippen molar-refractivity contribution in [3.63, 3.8) is 0 Å². The molecule has 0 aliphatic rings. The Hall–Kier alpha value is -1.14. The van der Waals surface area contributed by atoms with E-state index in [0.717, 1.165) is 29.8 Å². The van der Waals surface area contributed by atoms with E-state index in [2.05, 4.69) is 53.5 Å². The van der Waals surface area contributed by atoms with Gasteiger partial charge >= 0.3 is 0 Å². The van der Waals surface area contributed by atoms with Gasteiger partial charge in [0.2, 0.25) is 0 Å². The Kier molecular flexibility index (Phi) is 9.87. The second-order valence-electron chi connectivity index (χ2n) is 6.17. The third kappa shape index (κ3) is 8.91. The van der Waals surface area contributed by atoms with E-state index in [1.54, 1.807) is 11.3 Å². The van der Waals surface area contributed by atoms with E-state index in [-0.39, 0.29) is 0 Å². The molecule has 0 saturated heterocycles. The first kappa shape index (κ1) is 19.9. The van der Waals surface area contributed by atoms with Crippen molar-refractivity contribution < 1.29 is 0 Å². The summed E-state index contributed by atoms with van der Waals surface area (Å²) in [7, 11) is 6.09.